The van der Waals surface area contributed by atoms with Crippen LogP contribution < -0.4 is 4.74 Å². The molecule has 1 amide bonds. The van der Waals surface area contributed by atoms with Crippen LogP contribution >= 0.6 is 0 Å². The number of nitrogens with zero attached hydrogens (tertiary/aromatic N) is 3. The lowest BCUT2D eigenvalue weighted by Crippen LogP contribution is -2.43. The van der Waals surface area contributed by atoms with Crippen molar-refractivity contribution in [3.05, 3.63) is 52.1 Å². The Bertz CT molecular complexity index is 983. The molecule has 2 aliphatic rings. The van der Waals surface area contributed by atoms with Crippen LogP contribution in [0.2, 0.25) is 0 Å². The van der Waals surface area contributed by atoms with Crippen molar-refractivity contribution in [1.82, 2.24) is 14.7 Å². The van der Waals surface area contributed by atoms with Gasteiger partial charge >= 0.3 is 0 Å². The van der Waals surface area contributed by atoms with Gasteiger partial charge in [0, 0.05) is 57.4 Å². The molecule has 0 aliphatic carbocycles. The van der Waals surface area contributed by atoms with Crippen LogP contribution in [-0.4, -0.2) is 70.7 Å². The van der Waals surface area contributed by atoms with E-state index in [1.165, 1.54) is 11.6 Å². The van der Waals surface area contributed by atoms with E-state index in [2.05, 4.69) is 35.0 Å². The number of ether oxygens (including phenoxy) is 1. The normalized spacial score (nSPS) is 17.1. The molecule has 0 atom stereocenters. The average molecular weight is 426 g/mol. The van der Waals surface area contributed by atoms with Crippen molar-refractivity contribution in [1.29, 1.82) is 0 Å². The summed E-state index contributed by atoms with van der Waals surface area (Å²) >= 11 is 0. The lowest BCUT2D eigenvalue weighted by atomic mass is 10.1. The number of phenols is 2. The molecule has 1 fully saturated rings. The maximum absolute atomic E-state index is 13.3. The lowest BCUT2D eigenvalue weighted by molar-refractivity contribution is 0.0743. The van der Waals surface area contributed by atoms with Crippen molar-refractivity contribution in [2.24, 2.45) is 0 Å². The number of aromatic hydroxyl groups is 2. The van der Waals surface area contributed by atoms with E-state index in [0.29, 0.717) is 25.3 Å². The molecular weight excluding hydrogens is 394 g/mol. The van der Waals surface area contributed by atoms with E-state index in [9.17, 15) is 15.0 Å². The zero-order valence-electron chi connectivity index (χ0n) is 18.5. The molecule has 31 heavy (non-hydrogen) atoms. The highest BCUT2D eigenvalue weighted by molar-refractivity contribution is 6.00. The predicted molar refractivity (Wildman–Crippen MR) is 118 cm³/mol. The van der Waals surface area contributed by atoms with Crippen LogP contribution in [0.15, 0.2) is 24.3 Å². The van der Waals surface area contributed by atoms with E-state index in [-0.39, 0.29) is 28.7 Å². The van der Waals surface area contributed by atoms with Gasteiger partial charge in [-0.3, -0.25) is 9.69 Å². The molecular formula is C24H31N3O4. The Morgan fingerprint density at radius 1 is 1.03 bits per heavy atom. The standard InChI is InChI=1S/C24H31N3O4/c1-4-31-23-16(2)20(28)12-21(29)22(23)24(30)27-14-18-6-5-17(11-19(18)15-27)13-26-9-7-25(3)8-10-26/h5-6,11-12,28-29H,4,7-10,13-15H2,1-3H3. The molecule has 4 rings (SSSR count). The van der Waals surface area contributed by atoms with E-state index in [0.717, 1.165) is 43.9 Å². The second-order valence-corrected chi connectivity index (χ2v) is 8.52. The van der Waals surface area contributed by atoms with Gasteiger partial charge in [0.05, 0.1) is 6.61 Å². The quantitative estimate of drug-likeness (QED) is 0.767. The van der Waals surface area contributed by atoms with E-state index in [1.807, 2.05) is 6.92 Å². The summed E-state index contributed by atoms with van der Waals surface area (Å²) in [6.45, 7) is 10.0. The second kappa shape index (κ2) is 8.77. The first-order valence-electron chi connectivity index (χ1n) is 10.9. The molecule has 2 heterocycles. The number of rotatable bonds is 5. The van der Waals surface area contributed by atoms with Crippen molar-refractivity contribution in [3.63, 3.8) is 0 Å². The second-order valence-electron chi connectivity index (χ2n) is 8.52. The highest BCUT2D eigenvalue weighted by Crippen LogP contribution is 2.39. The molecule has 2 aromatic carbocycles. The number of hydrogen-bond acceptors (Lipinski definition) is 6. The number of fused-ring (bicyclic) bond motifs is 1. The number of benzene rings is 2. The Morgan fingerprint density at radius 2 is 1.74 bits per heavy atom. The first-order valence-corrected chi connectivity index (χ1v) is 10.9. The van der Waals surface area contributed by atoms with Crippen molar-refractivity contribution in [3.8, 4) is 17.2 Å². The molecule has 0 bridgehead atoms. The van der Waals surface area contributed by atoms with Gasteiger partial charge in [-0.2, -0.15) is 0 Å². The van der Waals surface area contributed by atoms with Gasteiger partial charge in [-0.1, -0.05) is 18.2 Å². The number of carbonyl (C=O) groups excluding carboxylic acids is 1. The molecule has 2 aliphatic heterocycles. The van der Waals surface area contributed by atoms with E-state index < -0.39 is 0 Å². The van der Waals surface area contributed by atoms with Gasteiger partial charge in [0.25, 0.3) is 5.91 Å². The van der Waals surface area contributed by atoms with E-state index in [1.54, 1.807) is 11.8 Å². The van der Waals surface area contributed by atoms with Crippen LogP contribution in [0.3, 0.4) is 0 Å². The monoisotopic (exact) mass is 425 g/mol. The first kappa shape index (κ1) is 21.5. The smallest absolute Gasteiger partial charge is 0.262 e. The number of amides is 1. The third kappa shape index (κ3) is 4.34. The minimum absolute atomic E-state index is 0.0873. The number of piperazine rings is 1. The Kier molecular flexibility index (Phi) is 6.07. The van der Waals surface area contributed by atoms with Crippen molar-refractivity contribution < 1.29 is 19.7 Å². The summed E-state index contributed by atoms with van der Waals surface area (Å²) in [6.07, 6.45) is 0. The summed E-state index contributed by atoms with van der Waals surface area (Å²) in [4.78, 5) is 19.9. The van der Waals surface area contributed by atoms with Crippen molar-refractivity contribution in [2.75, 3.05) is 39.8 Å². The summed E-state index contributed by atoms with van der Waals surface area (Å²) < 4.78 is 5.62. The van der Waals surface area contributed by atoms with E-state index >= 15 is 0 Å². The first-order chi connectivity index (χ1) is 14.9. The van der Waals surface area contributed by atoms with Crippen LogP contribution in [0.5, 0.6) is 17.2 Å². The predicted octanol–water partition coefficient (Wildman–Crippen LogP) is 2.71. The molecule has 7 heteroatoms. The maximum atomic E-state index is 13.3. The molecule has 0 saturated carbocycles. The van der Waals surface area contributed by atoms with Gasteiger partial charge in [0.1, 0.15) is 22.8 Å². The van der Waals surface area contributed by atoms with Crippen LogP contribution in [0.1, 0.15) is 39.5 Å². The van der Waals surface area contributed by atoms with Gasteiger partial charge in [0.15, 0.2) is 0 Å². The molecule has 0 unspecified atom stereocenters. The minimum Gasteiger partial charge on any atom is -0.507 e. The number of carbonyl (C=O) groups is 1. The number of likely N-dealkylation sites (N-methyl/N-ethyl adjacent to an activating group) is 1. The van der Waals surface area contributed by atoms with Gasteiger partial charge < -0.3 is 24.7 Å². The van der Waals surface area contributed by atoms with Crippen LogP contribution in [0.4, 0.5) is 0 Å². The van der Waals surface area contributed by atoms with Crippen molar-refractivity contribution >= 4 is 5.91 Å². The summed E-state index contributed by atoms with van der Waals surface area (Å²) in [5.74, 6) is -0.392. The summed E-state index contributed by atoms with van der Waals surface area (Å²) in [7, 11) is 2.16. The maximum Gasteiger partial charge on any atom is 0.262 e. The molecule has 7 nitrogen and oxygen atoms in total. The van der Waals surface area contributed by atoms with Crippen LogP contribution in [-0.2, 0) is 19.6 Å². The molecule has 0 spiro atoms. The van der Waals surface area contributed by atoms with Crippen molar-refractivity contribution in [2.45, 2.75) is 33.5 Å². The fraction of sp³-hybridized carbons (Fsp3) is 0.458. The zero-order chi connectivity index (χ0) is 22.1. The Morgan fingerprint density at radius 3 is 2.45 bits per heavy atom. The topological polar surface area (TPSA) is 76.5 Å². The van der Waals surface area contributed by atoms with E-state index in [4.69, 9.17) is 4.74 Å². The highest BCUT2D eigenvalue weighted by Gasteiger charge is 2.30. The van der Waals surface area contributed by atoms with Crippen LogP contribution in [0, 0.1) is 6.92 Å². The molecule has 0 aromatic heterocycles. The van der Waals surface area contributed by atoms with Crippen LogP contribution in [0.25, 0.3) is 0 Å². The van der Waals surface area contributed by atoms with Gasteiger partial charge in [-0.15, -0.1) is 0 Å². The molecule has 0 radical (unpaired) electrons. The highest BCUT2D eigenvalue weighted by atomic mass is 16.5. The molecule has 1 saturated heterocycles. The average Bonchev–Trinajstić information content (AvgIpc) is 3.17. The lowest BCUT2D eigenvalue weighted by Gasteiger charge is -2.32. The number of hydrogen-bond donors (Lipinski definition) is 2. The fourth-order valence-electron chi connectivity index (χ4n) is 4.37. The minimum atomic E-state index is -0.291. The third-order valence-electron chi connectivity index (χ3n) is 6.27. The molecule has 2 aromatic rings. The third-order valence-corrected chi connectivity index (χ3v) is 6.27. The number of phenolic OH excluding ortho intramolecular Hbond substituents is 2. The largest absolute Gasteiger partial charge is 0.507 e. The summed E-state index contributed by atoms with van der Waals surface area (Å²) in [6, 6.07) is 7.67. The van der Waals surface area contributed by atoms with Gasteiger partial charge in [0.2, 0.25) is 0 Å². The SMILES string of the molecule is CCOc1c(C)c(O)cc(O)c1C(=O)N1Cc2ccc(CN3CCN(C)CC3)cc2C1. The summed E-state index contributed by atoms with van der Waals surface area (Å²) in [5, 5.41) is 20.4. The fourth-order valence-corrected chi connectivity index (χ4v) is 4.37. The zero-order valence-corrected chi connectivity index (χ0v) is 18.5. The van der Waals surface area contributed by atoms with Gasteiger partial charge in [-0.25, -0.2) is 0 Å². The van der Waals surface area contributed by atoms with Gasteiger partial charge in [-0.05, 0) is 37.6 Å². The Labute approximate surface area is 183 Å². The molecule has 166 valence electrons. The Hall–Kier alpha value is -2.77. The molecule has 2 N–H and O–H groups in total. The summed E-state index contributed by atoms with van der Waals surface area (Å²) in [5.41, 5.74) is 4.10. The Balaban J connectivity index is 1.52.